The maximum atomic E-state index is 4.04. The Balaban J connectivity index is 2.35. The van der Waals surface area contributed by atoms with Crippen molar-refractivity contribution in [2.24, 2.45) is 10.2 Å². The summed E-state index contributed by atoms with van der Waals surface area (Å²) >= 11 is 0. The van der Waals surface area contributed by atoms with Gasteiger partial charge in [-0.15, -0.1) is 10.2 Å². The molecule has 4 nitrogen and oxygen atoms in total. The lowest BCUT2D eigenvalue weighted by atomic mass is 10.1. The third-order valence-electron chi connectivity index (χ3n) is 2.02. The molecule has 0 radical (unpaired) electrons. The van der Waals surface area contributed by atoms with Gasteiger partial charge >= 0.3 is 0 Å². The Morgan fingerprint density at radius 1 is 1.08 bits per heavy atom. The number of nitrogens with one attached hydrogen (secondary N) is 1. The van der Waals surface area contributed by atoms with Crippen LogP contribution in [0.25, 0.3) is 11.8 Å². The van der Waals surface area contributed by atoms with E-state index in [1.807, 2.05) is 30.4 Å². The lowest BCUT2D eigenvalue weighted by Crippen LogP contribution is -1.81. The van der Waals surface area contributed by atoms with Crippen molar-refractivity contribution in [1.82, 2.24) is 10.2 Å². The molecule has 4 heteroatoms. The minimum absolute atomic E-state index is 0.682. The summed E-state index contributed by atoms with van der Waals surface area (Å²) in [6.45, 7) is 0. The third kappa shape index (κ3) is 0.823. The maximum absolute atomic E-state index is 4.04. The smallest absolute Gasteiger partial charge is 0.205 e. The molecule has 62 valence electrons. The molecular weight excluding hydrogens is 164 g/mol. The highest BCUT2D eigenvalue weighted by atomic mass is 15.3. The molecule has 1 aromatic rings. The number of aromatic amines is 1. The van der Waals surface area contributed by atoms with E-state index in [-0.39, 0.29) is 0 Å². The topological polar surface area (TPSA) is 53.4 Å². The van der Waals surface area contributed by atoms with Crippen molar-refractivity contribution in [3.63, 3.8) is 0 Å². The Labute approximate surface area is 74.4 Å². The molecule has 0 fully saturated rings. The third-order valence-corrected chi connectivity index (χ3v) is 2.02. The first-order valence-corrected chi connectivity index (χ1v) is 4.01. The molecule has 1 aliphatic carbocycles. The molecule has 0 saturated heterocycles. The molecule has 0 amide bonds. The van der Waals surface area contributed by atoms with E-state index >= 15 is 0 Å². The second-order valence-electron chi connectivity index (χ2n) is 2.83. The zero-order valence-corrected chi connectivity index (χ0v) is 6.73. The van der Waals surface area contributed by atoms with E-state index in [0.717, 1.165) is 17.0 Å². The minimum Gasteiger partial charge on any atom is -0.275 e. The van der Waals surface area contributed by atoms with Crippen LogP contribution >= 0.6 is 0 Å². The van der Waals surface area contributed by atoms with E-state index in [0.29, 0.717) is 5.82 Å². The van der Waals surface area contributed by atoms with E-state index in [4.69, 9.17) is 0 Å². The van der Waals surface area contributed by atoms with Crippen molar-refractivity contribution in [1.29, 1.82) is 0 Å². The summed E-state index contributed by atoms with van der Waals surface area (Å²) in [5.41, 5.74) is 2.84. The van der Waals surface area contributed by atoms with Crippen LogP contribution in [-0.4, -0.2) is 10.2 Å². The van der Waals surface area contributed by atoms with Crippen molar-refractivity contribution in [3.05, 3.63) is 35.6 Å². The summed E-state index contributed by atoms with van der Waals surface area (Å²) in [5, 5.41) is 14.9. The summed E-state index contributed by atoms with van der Waals surface area (Å²) < 4.78 is 0. The number of aromatic nitrogens is 2. The lowest BCUT2D eigenvalue weighted by molar-refractivity contribution is 1.05. The number of hydrogen-bond donors (Lipinski definition) is 1. The molecule has 0 bridgehead atoms. The van der Waals surface area contributed by atoms with Crippen LogP contribution in [-0.2, 0) is 0 Å². The number of azo groups is 1. The Bertz CT molecular complexity index is 474. The van der Waals surface area contributed by atoms with Gasteiger partial charge in [0.1, 0.15) is 0 Å². The summed E-state index contributed by atoms with van der Waals surface area (Å²) in [6.07, 6.45) is 9.74. The Morgan fingerprint density at radius 3 is 3.08 bits per heavy atom. The van der Waals surface area contributed by atoms with Crippen LogP contribution in [0.2, 0.25) is 0 Å². The fourth-order valence-corrected chi connectivity index (χ4v) is 1.42. The van der Waals surface area contributed by atoms with Gasteiger partial charge in [-0.05, 0) is 12.2 Å². The summed E-state index contributed by atoms with van der Waals surface area (Å²) in [4.78, 5) is 0. The van der Waals surface area contributed by atoms with Crippen molar-refractivity contribution in [3.8, 4) is 0 Å². The molecule has 2 aliphatic rings. The fraction of sp³-hybridized carbons (Fsp3) is 0. The van der Waals surface area contributed by atoms with E-state index in [2.05, 4.69) is 20.4 Å². The first-order chi connectivity index (χ1) is 6.45. The SMILES string of the molecule is C1=C\C=C2\N=Nc3n[nH]c(c32)\C=C/1. The van der Waals surface area contributed by atoms with Gasteiger partial charge in [-0.3, -0.25) is 5.10 Å². The Hall–Kier alpha value is -1.97. The van der Waals surface area contributed by atoms with Crippen LogP contribution in [0.1, 0.15) is 11.3 Å². The van der Waals surface area contributed by atoms with Gasteiger partial charge in [0.15, 0.2) is 0 Å². The van der Waals surface area contributed by atoms with Crippen LogP contribution in [0.15, 0.2) is 34.5 Å². The van der Waals surface area contributed by atoms with Crippen molar-refractivity contribution < 1.29 is 0 Å². The van der Waals surface area contributed by atoms with Crippen LogP contribution in [0.4, 0.5) is 5.82 Å². The zero-order valence-electron chi connectivity index (χ0n) is 6.73. The van der Waals surface area contributed by atoms with E-state index < -0.39 is 0 Å². The number of H-pyrrole nitrogens is 1. The zero-order chi connectivity index (χ0) is 8.67. The highest BCUT2D eigenvalue weighted by Gasteiger charge is 2.20. The molecular formula is C9H6N4. The highest BCUT2D eigenvalue weighted by Crippen LogP contribution is 2.36. The summed E-state index contributed by atoms with van der Waals surface area (Å²) in [5.74, 6) is 0.682. The van der Waals surface area contributed by atoms with Crippen LogP contribution in [0.5, 0.6) is 0 Å². The molecule has 1 N–H and O–H groups in total. The van der Waals surface area contributed by atoms with E-state index in [9.17, 15) is 0 Å². The van der Waals surface area contributed by atoms with E-state index in [1.54, 1.807) is 0 Å². The van der Waals surface area contributed by atoms with Crippen LogP contribution in [0.3, 0.4) is 0 Å². The van der Waals surface area contributed by atoms with Gasteiger partial charge in [0.25, 0.3) is 0 Å². The number of allylic oxidation sites excluding steroid dienone is 4. The normalized spacial score (nSPS) is 25.7. The van der Waals surface area contributed by atoms with Gasteiger partial charge in [-0.2, -0.15) is 5.10 Å². The van der Waals surface area contributed by atoms with Gasteiger partial charge in [-0.25, -0.2) is 0 Å². The molecule has 3 rings (SSSR count). The van der Waals surface area contributed by atoms with Gasteiger partial charge in [0.05, 0.1) is 17.0 Å². The van der Waals surface area contributed by atoms with Crippen molar-refractivity contribution >= 4 is 17.6 Å². The molecule has 0 saturated carbocycles. The number of hydrogen-bond acceptors (Lipinski definition) is 3. The molecule has 0 unspecified atom stereocenters. The molecule has 1 aromatic heterocycles. The standard InChI is InChI=1S/C9H6N4/c1-2-4-6-8-7(5-3-1)11-13-9(8)12-10-6/h1-5H,(H,10,12). The van der Waals surface area contributed by atoms with Gasteiger partial charge in [0, 0.05) is 0 Å². The van der Waals surface area contributed by atoms with Gasteiger partial charge in [-0.1, -0.05) is 18.2 Å². The highest BCUT2D eigenvalue weighted by molar-refractivity contribution is 5.82. The Kier molecular flexibility index (Phi) is 1.14. The minimum atomic E-state index is 0.682. The summed E-state index contributed by atoms with van der Waals surface area (Å²) in [7, 11) is 0. The summed E-state index contributed by atoms with van der Waals surface area (Å²) in [6, 6.07) is 0. The van der Waals surface area contributed by atoms with Crippen molar-refractivity contribution in [2.75, 3.05) is 0 Å². The predicted molar refractivity (Wildman–Crippen MR) is 49.3 cm³/mol. The molecule has 1 aliphatic heterocycles. The van der Waals surface area contributed by atoms with Gasteiger partial charge < -0.3 is 0 Å². The first kappa shape index (κ1) is 6.54. The predicted octanol–water partition coefficient (Wildman–Crippen LogP) is 2.43. The van der Waals surface area contributed by atoms with Crippen LogP contribution < -0.4 is 0 Å². The van der Waals surface area contributed by atoms with Crippen molar-refractivity contribution in [2.45, 2.75) is 0 Å². The lowest BCUT2D eigenvalue weighted by Gasteiger charge is -1.94. The second kappa shape index (κ2) is 2.26. The second-order valence-corrected chi connectivity index (χ2v) is 2.83. The Morgan fingerprint density at radius 2 is 2.08 bits per heavy atom. The first-order valence-electron chi connectivity index (χ1n) is 4.01. The number of nitrogens with zero attached hydrogens (tertiary/aromatic N) is 3. The molecule has 0 spiro atoms. The molecule has 2 heterocycles. The quantitative estimate of drug-likeness (QED) is 0.638. The average Bonchev–Trinajstić information content (AvgIpc) is 2.60. The average molecular weight is 170 g/mol. The molecule has 13 heavy (non-hydrogen) atoms. The number of rotatable bonds is 0. The molecule has 0 atom stereocenters. The van der Waals surface area contributed by atoms with Gasteiger partial charge in [0.2, 0.25) is 5.82 Å². The molecule has 0 aromatic carbocycles. The largest absolute Gasteiger partial charge is 0.275 e. The van der Waals surface area contributed by atoms with Crippen LogP contribution in [0, 0.1) is 0 Å². The monoisotopic (exact) mass is 170 g/mol. The maximum Gasteiger partial charge on any atom is 0.205 e. The van der Waals surface area contributed by atoms with E-state index in [1.165, 1.54) is 0 Å². The fourth-order valence-electron chi connectivity index (χ4n) is 1.42.